The Hall–Kier alpha value is -3.39. The molecule has 0 bridgehead atoms. The zero-order valence-corrected chi connectivity index (χ0v) is 19.5. The van der Waals surface area contributed by atoms with Gasteiger partial charge >= 0.3 is 12.1 Å². The van der Waals surface area contributed by atoms with Crippen molar-refractivity contribution in [2.45, 2.75) is 31.2 Å². The van der Waals surface area contributed by atoms with Crippen molar-refractivity contribution in [3.63, 3.8) is 0 Å². The standard InChI is InChI=1S/C26H31N3O5/c1-29(2)14-22(23(30)31)28-24(32)26(12-7-13-26)16-27-25(33)34-15-21-19-10-5-3-8-17(19)18-9-4-6-11-20(18)21/h3-6,8-11,21-22H,7,12-16H2,1-2H3,(H,27,33)(H,28,32)(H,30,31). The molecule has 180 valence electrons. The zero-order chi connectivity index (χ0) is 24.3. The first kappa shape index (κ1) is 23.8. The van der Waals surface area contributed by atoms with Crippen LogP contribution in [0.3, 0.4) is 0 Å². The van der Waals surface area contributed by atoms with E-state index in [-0.39, 0.29) is 31.5 Å². The second-order valence-corrected chi connectivity index (χ2v) is 9.44. The number of carbonyl (C=O) groups is 3. The number of nitrogens with one attached hydrogen (secondary N) is 2. The molecular formula is C26H31N3O5. The molecule has 8 nitrogen and oxygen atoms in total. The molecule has 2 aliphatic rings. The number of fused-ring (bicyclic) bond motifs is 3. The van der Waals surface area contributed by atoms with Crippen LogP contribution in [0.5, 0.6) is 0 Å². The Morgan fingerprint density at radius 2 is 1.65 bits per heavy atom. The summed E-state index contributed by atoms with van der Waals surface area (Å²) in [5, 5.41) is 14.8. The summed E-state index contributed by atoms with van der Waals surface area (Å²) in [6, 6.07) is 15.2. The first-order valence-electron chi connectivity index (χ1n) is 11.6. The van der Waals surface area contributed by atoms with Crippen molar-refractivity contribution in [3.05, 3.63) is 59.7 Å². The summed E-state index contributed by atoms with van der Waals surface area (Å²) >= 11 is 0. The molecule has 0 aliphatic heterocycles. The average Bonchev–Trinajstić information content (AvgIpc) is 3.10. The van der Waals surface area contributed by atoms with Gasteiger partial charge in [0.15, 0.2) is 0 Å². The topological polar surface area (TPSA) is 108 Å². The highest BCUT2D eigenvalue weighted by Crippen LogP contribution is 2.44. The fourth-order valence-electron chi connectivity index (χ4n) is 4.84. The van der Waals surface area contributed by atoms with Crippen LogP contribution in [0.25, 0.3) is 11.1 Å². The first-order chi connectivity index (χ1) is 16.3. The smallest absolute Gasteiger partial charge is 0.407 e. The number of amides is 2. The maximum atomic E-state index is 12.9. The Kier molecular flexibility index (Phi) is 6.88. The number of ether oxygens (including phenoxy) is 1. The second-order valence-electron chi connectivity index (χ2n) is 9.44. The number of likely N-dealkylation sites (N-methyl/N-ethyl adjacent to an activating group) is 1. The van der Waals surface area contributed by atoms with Gasteiger partial charge in [0.2, 0.25) is 5.91 Å². The third-order valence-electron chi connectivity index (χ3n) is 6.86. The van der Waals surface area contributed by atoms with Crippen LogP contribution in [0, 0.1) is 5.41 Å². The molecule has 1 saturated carbocycles. The molecule has 2 aromatic carbocycles. The lowest BCUT2D eigenvalue weighted by Gasteiger charge is -2.40. The van der Waals surface area contributed by atoms with Crippen molar-refractivity contribution >= 4 is 18.0 Å². The molecule has 8 heteroatoms. The van der Waals surface area contributed by atoms with Crippen LogP contribution >= 0.6 is 0 Å². The highest BCUT2D eigenvalue weighted by atomic mass is 16.5. The van der Waals surface area contributed by atoms with Crippen molar-refractivity contribution in [1.29, 1.82) is 0 Å². The molecule has 0 spiro atoms. The largest absolute Gasteiger partial charge is 0.480 e. The predicted molar refractivity (Wildman–Crippen MR) is 127 cm³/mol. The summed E-state index contributed by atoms with van der Waals surface area (Å²) in [6.07, 6.45) is 1.46. The quantitative estimate of drug-likeness (QED) is 0.526. The Labute approximate surface area is 199 Å². The predicted octanol–water partition coefficient (Wildman–Crippen LogP) is 2.83. The number of nitrogens with zero attached hydrogens (tertiary/aromatic N) is 1. The maximum Gasteiger partial charge on any atom is 0.407 e. The van der Waals surface area contributed by atoms with E-state index in [2.05, 4.69) is 34.9 Å². The number of carboxylic acid groups (broad SMARTS) is 1. The van der Waals surface area contributed by atoms with Gasteiger partial charge < -0.3 is 25.4 Å². The van der Waals surface area contributed by atoms with E-state index in [4.69, 9.17) is 4.74 Å². The van der Waals surface area contributed by atoms with E-state index < -0.39 is 23.5 Å². The summed E-state index contributed by atoms with van der Waals surface area (Å²) in [7, 11) is 3.50. The molecule has 2 amide bonds. The third kappa shape index (κ3) is 4.77. The number of hydrogen-bond donors (Lipinski definition) is 3. The molecule has 2 aromatic rings. The normalized spacial score (nSPS) is 16.7. The van der Waals surface area contributed by atoms with E-state index in [9.17, 15) is 19.5 Å². The van der Waals surface area contributed by atoms with Crippen molar-refractivity contribution in [2.75, 3.05) is 33.8 Å². The molecule has 1 atom stereocenters. The van der Waals surface area contributed by atoms with Gasteiger partial charge in [0.05, 0.1) is 5.41 Å². The first-order valence-corrected chi connectivity index (χ1v) is 11.6. The molecule has 4 rings (SSSR count). The minimum absolute atomic E-state index is 0.0403. The van der Waals surface area contributed by atoms with Gasteiger partial charge in [-0.25, -0.2) is 9.59 Å². The van der Waals surface area contributed by atoms with E-state index >= 15 is 0 Å². The Bertz CT molecular complexity index is 1030. The van der Waals surface area contributed by atoms with Gasteiger partial charge in [-0.2, -0.15) is 0 Å². The molecule has 0 heterocycles. The molecular weight excluding hydrogens is 434 g/mol. The Balaban J connectivity index is 1.35. The van der Waals surface area contributed by atoms with Crippen LogP contribution in [0.2, 0.25) is 0 Å². The van der Waals surface area contributed by atoms with Crippen LogP contribution in [0.1, 0.15) is 36.3 Å². The summed E-state index contributed by atoms with van der Waals surface area (Å²) in [5.41, 5.74) is 3.77. The molecule has 0 aromatic heterocycles. The van der Waals surface area contributed by atoms with Gasteiger partial charge in [-0.1, -0.05) is 55.0 Å². The summed E-state index contributed by atoms with van der Waals surface area (Å²) in [4.78, 5) is 38.7. The van der Waals surface area contributed by atoms with Crippen molar-refractivity contribution < 1.29 is 24.2 Å². The minimum Gasteiger partial charge on any atom is -0.480 e. The van der Waals surface area contributed by atoms with Crippen LogP contribution in [0.15, 0.2) is 48.5 Å². The summed E-state index contributed by atoms with van der Waals surface area (Å²) < 4.78 is 5.57. The van der Waals surface area contributed by atoms with E-state index in [0.29, 0.717) is 12.8 Å². The molecule has 0 radical (unpaired) electrons. The van der Waals surface area contributed by atoms with E-state index in [1.165, 1.54) is 0 Å². The number of alkyl carbamates (subject to hydrolysis) is 1. The summed E-state index contributed by atoms with van der Waals surface area (Å²) in [6.45, 7) is 0.504. The van der Waals surface area contributed by atoms with Crippen LogP contribution in [-0.2, 0) is 14.3 Å². The minimum atomic E-state index is -1.08. The zero-order valence-electron chi connectivity index (χ0n) is 19.5. The average molecular weight is 466 g/mol. The molecule has 1 fully saturated rings. The van der Waals surface area contributed by atoms with E-state index in [1.807, 2.05) is 24.3 Å². The number of aliphatic carboxylic acids is 1. The van der Waals surface area contributed by atoms with Crippen LogP contribution in [-0.4, -0.2) is 67.8 Å². The fourth-order valence-corrected chi connectivity index (χ4v) is 4.84. The lowest BCUT2D eigenvalue weighted by atomic mass is 9.68. The Morgan fingerprint density at radius 3 is 2.15 bits per heavy atom. The van der Waals surface area contributed by atoms with E-state index in [1.54, 1.807) is 19.0 Å². The number of carboxylic acids is 1. The highest BCUT2D eigenvalue weighted by Gasteiger charge is 2.45. The van der Waals surface area contributed by atoms with Crippen molar-refractivity contribution in [3.8, 4) is 11.1 Å². The van der Waals surface area contributed by atoms with E-state index in [0.717, 1.165) is 28.7 Å². The van der Waals surface area contributed by atoms with Gasteiger partial charge in [-0.05, 0) is 49.2 Å². The lowest BCUT2D eigenvalue weighted by molar-refractivity contribution is -0.146. The number of hydrogen-bond acceptors (Lipinski definition) is 5. The molecule has 1 unspecified atom stereocenters. The number of benzene rings is 2. The Morgan fingerprint density at radius 1 is 1.06 bits per heavy atom. The summed E-state index contributed by atoms with van der Waals surface area (Å²) in [5.74, 6) is -1.46. The van der Waals surface area contributed by atoms with Gasteiger partial charge in [-0.15, -0.1) is 0 Å². The van der Waals surface area contributed by atoms with Crippen LogP contribution < -0.4 is 10.6 Å². The maximum absolute atomic E-state index is 12.9. The van der Waals surface area contributed by atoms with Gasteiger partial charge in [-0.3, -0.25) is 4.79 Å². The third-order valence-corrected chi connectivity index (χ3v) is 6.86. The van der Waals surface area contributed by atoms with Crippen LogP contribution in [0.4, 0.5) is 4.79 Å². The molecule has 3 N–H and O–H groups in total. The van der Waals surface area contributed by atoms with Crippen molar-refractivity contribution in [2.24, 2.45) is 5.41 Å². The van der Waals surface area contributed by atoms with Gasteiger partial charge in [0, 0.05) is 19.0 Å². The SMILES string of the molecule is CN(C)CC(NC(=O)C1(CNC(=O)OCC2c3ccccc3-c3ccccc32)CCC1)C(=O)O. The lowest BCUT2D eigenvalue weighted by Crippen LogP contribution is -2.57. The number of rotatable bonds is 9. The fraction of sp³-hybridized carbons (Fsp3) is 0.423. The highest BCUT2D eigenvalue weighted by molar-refractivity contribution is 5.89. The monoisotopic (exact) mass is 465 g/mol. The number of carbonyl (C=O) groups excluding carboxylic acids is 2. The molecule has 34 heavy (non-hydrogen) atoms. The second kappa shape index (κ2) is 9.85. The van der Waals surface area contributed by atoms with Gasteiger partial charge in [0.1, 0.15) is 12.6 Å². The van der Waals surface area contributed by atoms with Gasteiger partial charge in [0.25, 0.3) is 0 Å². The molecule has 0 saturated heterocycles. The van der Waals surface area contributed by atoms with Crippen molar-refractivity contribution in [1.82, 2.24) is 15.5 Å². The molecule has 2 aliphatic carbocycles.